The van der Waals surface area contributed by atoms with Crippen LogP contribution < -0.4 is 0 Å². The minimum Gasteiger partial charge on any atom is -0.400 e. The predicted molar refractivity (Wildman–Crippen MR) is 80.3 cm³/mol. The smallest absolute Gasteiger partial charge is 0.320 e. The van der Waals surface area contributed by atoms with Gasteiger partial charge in [-0.25, -0.2) is 0 Å². The van der Waals surface area contributed by atoms with Crippen molar-refractivity contribution in [1.29, 1.82) is 0 Å². The Morgan fingerprint density at radius 1 is 1.28 bits per heavy atom. The molecule has 0 amide bonds. The Morgan fingerprint density at radius 3 is 2.56 bits per heavy atom. The fourth-order valence-corrected chi connectivity index (χ4v) is 4.73. The molecule has 1 aromatic rings. The molecule has 0 aliphatic heterocycles. The molecule has 0 N–H and O–H groups in total. The minimum absolute atomic E-state index is 0.436. The summed E-state index contributed by atoms with van der Waals surface area (Å²) in [7, 11) is 2.09. The summed E-state index contributed by atoms with van der Waals surface area (Å²) in [5.41, 5.74) is 1.15. The third-order valence-corrected chi connectivity index (χ3v) is 6.08. The molecule has 0 saturated heterocycles. The van der Waals surface area contributed by atoms with Crippen LogP contribution in [-0.2, 0) is 8.85 Å². The fourth-order valence-electron chi connectivity index (χ4n) is 1.81. The Bertz CT molecular complexity index is 322. The molecule has 0 fully saturated rings. The first-order chi connectivity index (χ1) is 8.67. The zero-order valence-electron chi connectivity index (χ0n) is 11.6. The highest BCUT2D eigenvalue weighted by atomic mass is 32.2. The molecule has 0 spiro atoms. The van der Waals surface area contributed by atoms with Gasteiger partial charge in [-0.05, 0) is 31.5 Å². The molecule has 1 rings (SSSR count). The summed E-state index contributed by atoms with van der Waals surface area (Å²) < 4.78 is 10.7. The summed E-state index contributed by atoms with van der Waals surface area (Å²) in [5.74, 6) is 0. The Labute approximate surface area is 116 Å². The first-order valence-electron chi connectivity index (χ1n) is 6.29. The van der Waals surface area contributed by atoms with Crippen LogP contribution in [0.1, 0.15) is 31.2 Å². The van der Waals surface area contributed by atoms with E-state index in [-0.39, 0.29) is 0 Å². The average Bonchev–Trinajstić information content (AvgIpc) is 2.41. The lowest BCUT2D eigenvalue weighted by Gasteiger charge is -2.18. The SMILES string of the molecule is CO[SiH](CCC(C)SC(C)c1ccccn1)OC. The quantitative estimate of drug-likeness (QED) is 0.687. The van der Waals surface area contributed by atoms with Crippen LogP contribution in [0.15, 0.2) is 24.4 Å². The molecule has 102 valence electrons. The minimum atomic E-state index is -1.40. The van der Waals surface area contributed by atoms with E-state index in [1.165, 1.54) is 0 Å². The second-order valence-electron chi connectivity index (χ2n) is 4.32. The zero-order valence-corrected chi connectivity index (χ0v) is 13.6. The van der Waals surface area contributed by atoms with Gasteiger partial charge in [-0.15, -0.1) is 11.8 Å². The molecule has 0 aromatic carbocycles. The van der Waals surface area contributed by atoms with E-state index < -0.39 is 9.28 Å². The average molecular weight is 285 g/mol. The zero-order chi connectivity index (χ0) is 13.4. The number of thioether (sulfide) groups is 1. The van der Waals surface area contributed by atoms with Crippen LogP contribution in [0, 0.1) is 0 Å². The summed E-state index contributed by atoms with van der Waals surface area (Å²) in [6.07, 6.45) is 3.00. The molecule has 0 aliphatic carbocycles. The molecule has 1 heterocycles. The Morgan fingerprint density at radius 2 is 2.00 bits per heavy atom. The maximum atomic E-state index is 5.33. The highest BCUT2D eigenvalue weighted by Gasteiger charge is 2.15. The van der Waals surface area contributed by atoms with Gasteiger partial charge >= 0.3 is 9.28 Å². The predicted octanol–water partition coefficient (Wildman–Crippen LogP) is 3.17. The van der Waals surface area contributed by atoms with Crippen molar-refractivity contribution in [2.24, 2.45) is 0 Å². The molecular weight excluding hydrogens is 262 g/mol. The largest absolute Gasteiger partial charge is 0.400 e. The standard InChI is InChI=1S/C13H23NO2SSi/c1-11(8-10-18(15-3)16-4)17-12(2)13-7-5-6-9-14-13/h5-7,9,11-12,18H,8,10H2,1-4H3. The van der Waals surface area contributed by atoms with Gasteiger partial charge in [0.1, 0.15) is 0 Å². The number of aromatic nitrogens is 1. The summed E-state index contributed by atoms with van der Waals surface area (Å²) in [6, 6.07) is 7.16. The Kier molecular flexibility index (Phi) is 7.58. The molecule has 2 unspecified atom stereocenters. The van der Waals surface area contributed by atoms with E-state index in [9.17, 15) is 0 Å². The van der Waals surface area contributed by atoms with E-state index in [4.69, 9.17) is 8.85 Å². The molecule has 18 heavy (non-hydrogen) atoms. The highest BCUT2D eigenvalue weighted by molar-refractivity contribution is 8.00. The Hall–Kier alpha value is -0.363. The van der Waals surface area contributed by atoms with Crippen molar-refractivity contribution >= 4 is 21.0 Å². The summed E-state index contributed by atoms with van der Waals surface area (Å²) >= 11 is 1.96. The lowest BCUT2D eigenvalue weighted by atomic mass is 10.3. The van der Waals surface area contributed by atoms with Gasteiger partial charge in [-0.2, -0.15) is 0 Å². The number of pyridine rings is 1. The second-order valence-corrected chi connectivity index (χ2v) is 8.49. The van der Waals surface area contributed by atoms with Gasteiger partial charge < -0.3 is 8.85 Å². The normalized spacial score (nSPS) is 14.7. The maximum Gasteiger partial charge on any atom is 0.320 e. The molecule has 0 bridgehead atoms. The van der Waals surface area contributed by atoms with Crippen molar-refractivity contribution in [3.05, 3.63) is 30.1 Å². The lowest BCUT2D eigenvalue weighted by Crippen LogP contribution is -2.20. The van der Waals surface area contributed by atoms with Crippen molar-refractivity contribution in [2.45, 2.75) is 36.8 Å². The van der Waals surface area contributed by atoms with Crippen LogP contribution in [0.4, 0.5) is 0 Å². The maximum absolute atomic E-state index is 5.33. The van der Waals surface area contributed by atoms with Crippen molar-refractivity contribution in [1.82, 2.24) is 4.98 Å². The van der Waals surface area contributed by atoms with Crippen molar-refractivity contribution in [3.63, 3.8) is 0 Å². The molecule has 0 aliphatic rings. The van der Waals surface area contributed by atoms with Crippen LogP contribution in [0.25, 0.3) is 0 Å². The molecule has 2 atom stereocenters. The molecule has 0 radical (unpaired) electrons. The highest BCUT2D eigenvalue weighted by Crippen LogP contribution is 2.32. The fraction of sp³-hybridized carbons (Fsp3) is 0.615. The third-order valence-electron chi connectivity index (χ3n) is 2.88. The molecule has 1 aromatic heterocycles. The van der Waals surface area contributed by atoms with Gasteiger partial charge in [0, 0.05) is 30.9 Å². The summed E-state index contributed by atoms with van der Waals surface area (Å²) in [5, 5.41) is 1.04. The first-order valence-corrected chi connectivity index (χ1v) is 8.99. The van der Waals surface area contributed by atoms with Crippen LogP contribution in [-0.4, -0.2) is 33.7 Å². The van der Waals surface area contributed by atoms with Crippen LogP contribution in [0.3, 0.4) is 0 Å². The lowest BCUT2D eigenvalue weighted by molar-refractivity contribution is 0.276. The monoisotopic (exact) mass is 285 g/mol. The third kappa shape index (κ3) is 5.52. The van der Waals surface area contributed by atoms with Crippen LogP contribution >= 0.6 is 11.8 Å². The van der Waals surface area contributed by atoms with Gasteiger partial charge in [-0.3, -0.25) is 4.98 Å². The van der Waals surface area contributed by atoms with Crippen LogP contribution in [0.5, 0.6) is 0 Å². The van der Waals surface area contributed by atoms with Gasteiger partial charge in [0.25, 0.3) is 0 Å². The van der Waals surface area contributed by atoms with E-state index in [0.717, 1.165) is 18.2 Å². The number of nitrogens with zero attached hydrogens (tertiary/aromatic N) is 1. The van der Waals surface area contributed by atoms with E-state index in [2.05, 4.69) is 24.9 Å². The van der Waals surface area contributed by atoms with E-state index >= 15 is 0 Å². The molecule has 0 saturated carbocycles. The van der Waals surface area contributed by atoms with E-state index in [1.807, 2.05) is 30.1 Å². The van der Waals surface area contributed by atoms with Gasteiger partial charge in [-0.1, -0.05) is 13.0 Å². The second kappa shape index (κ2) is 8.69. The molecule has 3 nitrogen and oxygen atoms in total. The topological polar surface area (TPSA) is 31.4 Å². The van der Waals surface area contributed by atoms with Gasteiger partial charge in [0.2, 0.25) is 0 Å². The van der Waals surface area contributed by atoms with E-state index in [0.29, 0.717) is 10.5 Å². The van der Waals surface area contributed by atoms with Gasteiger partial charge in [0.15, 0.2) is 0 Å². The van der Waals surface area contributed by atoms with Crippen molar-refractivity contribution < 1.29 is 8.85 Å². The summed E-state index contributed by atoms with van der Waals surface area (Å²) in [4.78, 5) is 4.40. The van der Waals surface area contributed by atoms with Crippen molar-refractivity contribution in [3.8, 4) is 0 Å². The molecular formula is C13H23NO2SSi. The molecule has 5 heteroatoms. The van der Waals surface area contributed by atoms with Gasteiger partial charge in [0.05, 0.1) is 5.69 Å². The van der Waals surface area contributed by atoms with Crippen LogP contribution in [0.2, 0.25) is 6.04 Å². The number of rotatable bonds is 8. The van der Waals surface area contributed by atoms with Crippen molar-refractivity contribution in [2.75, 3.05) is 14.2 Å². The summed E-state index contributed by atoms with van der Waals surface area (Å²) in [6.45, 7) is 4.48. The number of hydrogen-bond donors (Lipinski definition) is 0. The van der Waals surface area contributed by atoms with E-state index in [1.54, 1.807) is 14.2 Å². The first kappa shape index (κ1) is 15.7. The Balaban J connectivity index is 2.33. The number of hydrogen-bond acceptors (Lipinski definition) is 4.